The van der Waals surface area contributed by atoms with E-state index in [0.717, 1.165) is 31.2 Å². The molecule has 0 unspecified atom stereocenters. The van der Waals surface area contributed by atoms with Crippen LogP contribution in [0.5, 0.6) is 0 Å². The number of ketones is 1. The summed E-state index contributed by atoms with van der Waals surface area (Å²) < 4.78 is 4.58. The fourth-order valence-electron chi connectivity index (χ4n) is 2.04. The Kier molecular flexibility index (Phi) is 8.85. The molecule has 21 heavy (non-hydrogen) atoms. The molecule has 0 N–H and O–H groups in total. The average Bonchev–Trinajstić information content (AvgIpc) is 2.51. The molecule has 1 rings (SSSR count). The lowest BCUT2D eigenvalue weighted by Crippen LogP contribution is -1.99. The van der Waals surface area contributed by atoms with E-state index in [2.05, 4.69) is 4.74 Å². The lowest BCUT2D eigenvalue weighted by Gasteiger charge is -2.00. The second-order valence-corrected chi connectivity index (χ2v) is 5.05. The molecule has 0 atom stereocenters. The minimum atomic E-state index is -0.155. The zero-order chi connectivity index (χ0) is 15.3. The Hall–Kier alpha value is -1.90. The number of benzene rings is 1. The molecule has 1 aromatic carbocycles. The third kappa shape index (κ3) is 8.79. The van der Waals surface area contributed by atoms with Crippen LogP contribution in [0.1, 0.15) is 50.5 Å². The molecule has 3 heteroatoms. The summed E-state index contributed by atoms with van der Waals surface area (Å²) in [6.07, 6.45) is 9.21. The van der Waals surface area contributed by atoms with Gasteiger partial charge in [-0.25, -0.2) is 0 Å². The molecule has 0 saturated heterocycles. The molecular weight excluding hydrogens is 264 g/mol. The number of unbranched alkanes of at least 4 members (excludes halogenated alkanes) is 3. The molecule has 114 valence electrons. The Bertz CT molecular complexity index is 449. The van der Waals surface area contributed by atoms with Crippen LogP contribution in [0.3, 0.4) is 0 Å². The van der Waals surface area contributed by atoms with Crippen molar-refractivity contribution in [2.24, 2.45) is 0 Å². The van der Waals surface area contributed by atoms with Crippen molar-refractivity contribution in [3.63, 3.8) is 0 Å². The summed E-state index contributed by atoms with van der Waals surface area (Å²) in [5.41, 5.74) is 1.12. The Morgan fingerprint density at radius 1 is 1.00 bits per heavy atom. The number of carbonyl (C=O) groups excluding carboxylic acids is 2. The summed E-state index contributed by atoms with van der Waals surface area (Å²) in [7, 11) is 1.41. The first-order valence-electron chi connectivity index (χ1n) is 7.52. The largest absolute Gasteiger partial charge is 0.469 e. The van der Waals surface area contributed by atoms with Crippen LogP contribution in [0, 0.1) is 0 Å². The number of allylic oxidation sites excluding steroid dienone is 1. The van der Waals surface area contributed by atoms with Gasteiger partial charge in [0, 0.05) is 19.3 Å². The molecular formula is C18H24O3. The fraction of sp³-hybridized carbons (Fsp3) is 0.444. The molecule has 0 amide bonds. The van der Waals surface area contributed by atoms with Gasteiger partial charge in [-0.2, -0.15) is 0 Å². The fourth-order valence-corrected chi connectivity index (χ4v) is 2.04. The quantitative estimate of drug-likeness (QED) is 0.479. The van der Waals surface area contributed by atoms with Crippen LogP contribution in [0.2, 0.25) is 0 Å². The van der Waals surface area contributed by atoms with Gasteiger partial charge in [0.1, 0.15) is 5.78 Å². The highest BCUT2D eigenvalue weighted by molar-refractivity contribution is 5.80. The van der Waals surface area contributed by atoms with E-state index in [0.29, 0.717) is 19.3 Å². The predicted octanol–water partition coefficient (Wildman–Crippen LogP) is 4.17. The molecule has 0 fully saturated rings. The molecule has 0 aromatic heterocycles. The van der Waals surface area contributed by atoms with Crippen LogP contribution in [0.25, 0.3) is 6.08 Å². The molecule has 0 aliphatic carbocycles. The molecule has 1 aromatic rings. The van der Waals surface area contributed by atoms with E-state index in [-0.39, 0.29) is 11.8 Å². The van der Waals surface area contributed by atoms with Crippen molar-refractivity contribution in [1.29, 1.82) is 0 Å². The second kappa shape index (κ2) is 10.8. The van der Waals surface area contributed by atoms with E-state index in [1.54, 1.807) is 0 Å². The predicted molar refractivity (Wildman–Crippen MR) is 84.8 cm³/mol. The van der Waals surface area contributed by atoms with Crippen molar-refractivity contribution >= 4 is 17.8 Å². The summed E-state index contributed by atoms with van der Waals surface area (Å²) in [6, 6.07) is 9.97. The van der Waals surface area contributed by atoms with Gasteiger partial charge in [-0.15, -0.1) is 0 Å². The summed E-state index contributed by atoms with van der Waals surface area (Å²) in [6.45, 7) is 0. The van der Waals surface area contributed by atoms with Crippen molar-refractivity contribution in [2.45, 2.75) is 44.9 Å². The van der Waals surface area contributed by atoms with Crippen molar-refractivity contribution in [3.8, 4) is 0 Å². The monoisotopic (exact) mass is 288 g/mol. The molecule has 0 saturated carbocycles. The van der Waals surface area contributed by atoms with Gasteiger partial charge in [-0.3, -0.25) is 9.59 Å². The van der Waals surface area contributed by atoms with E-state index in [4.69, 9.17) is 0 Å². The van der Waals surface area contributed by atoms with Crippen molar-refractivity contribution < 1.29 is 14.3 Å². The summed E-state index contributed by atoms with van der Waals surface area (Å²) in [5.74, 6) is 0.118. The standard InChI is InChI=1S/C18H24O3/c1-21-18(20)15-8-3-2-7-13-17(19)14-9-12-16-10-5-4-6-11-16/h4-6,9-12H,2-3,7-8,13-15H2,1H3/b12-9+. The Morgan fingerprint density at radius 3 is 2.33 bits per heavy atom. The highest BCUT2D eigenvalue weighted by Crippen LogP contribution is 2.08. The maximum atomic E-state index is 11.7. The molecule has 0 aliphatic heterocycles. The average molecular weight is 288 g/mol. The third-order valence-electron chi connectivity index (χ3n) is 3.27. The second-order valence-electron chi connectivity index (χ2n) is 5.05. The number of carbonyl (C=O) groups is 2. The van der Waals surface area contributed by atoms with Gasteiger partial charge in [0.15, 0.2) is 0 Å². The van der Waals surface area contributed by atoms with Gasteiger partial charge in [0.2, 0.25) is 0 Å². The highest BCUT2D eigenvalue weighted by Gasteiger charge is 2.01. The van der Waals surface area contributed by atoms with Crippen molar-refractivity contribution in [3.05, 3.63) is 42.0 Å². The molecule has 0 bridgehead atoms. The Balaban J connectivity index is 2.04. The third-order valence-corrected chi connectivity index (χ3v) is 3.27. The Morgan fingerprint density at radius 2 is 1.67 bits per heavy atom. The molecule has 0 radical (unpaired) electrons. The molecule has 0 aliphatic rings. The van der Waals surface area contributed by atoms with Crippen molar-refractivity contribution in [1.82, 2.24) is 0 Å². The Labute approximate surface area is 127 Å². The highest BCUT2D eigenvalue weighted by atomic mass is 16.5. The summed E-state index contributed by atoms with van der Waals surface area (Å²) in [5, 5.41) is 0. The topological polar surface area (TPSA) is 43.4 Å². The zero-order valence-corrected chi connectivity index (χ0v) is 12.7. The minimum absolute atomic E-state index is 0.155. The van der Waals surface area contributed by atoms with E-state index < -0.39 is 0 Å². The lowest BCUT2D eigenvalue weighted by molar-refractivity contribution is -0.140. The first-order valence-corrected chi connectivity index (χ1v) is 7.52. The number of rotatable bonds is 10. The van der Waals surface area contributed by atoms with Crippen LogP contribution >= 0.6 is 0 Å². The van der Waals surface area contributed by atoms with Crippen LogP contribution < -0.4 is 0 Å². The van der Waals surface area contributed by atoms with Crippen LogP contribution in [0.4, 0.5) is 0 Å². The summed E-state index contributed by atoms with van der Waals surface area (Å²) in [4.78, 5) is 22.6. The molecule has 0 spiro atoms. The van der Waals surface area contributed by atoms with Gasteiger partial charge in [-0.1, -0.05) is 55.3 Å². The first-order chi connectivity index (χ1) is 10.2. The SMILES string of the molecule is COC(=O)CCCCCCC(=O)C/C=C/c1ccccc1. The maximum Gasteiger partial charge on any atom is 0.305 e. The van der Waals surface area contributed by atoms with Gasteiger partial charge < -0.3 is 4.74 Å². The van der Waals surface area contributed by atoms with Crippen LogP contribution in [-0.2, 0) is 14.3 Å². The number of hydrogen-bond acceptors (Lipinski definition) is 3. The molecule has 3 nitrogen and oxygen atoms in total. The van der Waals surface area contributed by atoms with E-state index in [1.165, 1.54) is 7.11 Å². The maximum absolute atomic E-state index is 11.7. The number of Topliss-reactive ketones (excluding diaryl/α,β-unsaturated/α-hetero) is 1. The smallest absolute Gasteiger partial charge is 0.305 e. The van der Waals surface area contributed by atoms with E-state index in [1.807, 2.05) is 42.5 Å². The number of ether oxygens (including phenoxy) is 1. The van der Waals surface area contributed by atoms with Gasteiger partial charge in [0.25, 0.3) is 0 Å². The van der Waals surface area contributed by atoms with Gasteiger partial charge >= 0.3 is 5.97 Å². The lowest BCUT2D eigenvalue weighted by atomic mass is 10.1. The van der Waals surface area contributed by atoms with Crippen LogP contribution in [-0.4, -0.2) is 18.9 Å². The van der Waals surface area contributed by atoms with E-state index in [9.17, 15) is 9.59 Å². The van der Waals surface area contributed by atoms with E-state index >= 15 is 0 Å². The molecule has 0 heterocycles. The summed E-state index contributed by atoms with van der Waals surface area (Å²) >= 11 is 0. The first kappa shape index (κ1) is 17.2. The van der Waals surface area contributed by atoms with Gasteiger partial charge in [-0.05, 0) is 18.4 Å². The number of esters is 1. The normalized spacial score (nSPS) is 10.7. The number of hydrogen-bond donors (Lipinski definition) is 0. The number of methoxy groups -OCH3 is 1. The van der Waals surface area contributed by atoms with Crippen LogP contribution in [0.15, 0.2) is 36.4 Å². The zero-order valence-electron chi connectivity index (χ0n) is 12.7. The van der Waals surface area contributed by atoms with Crippen molar-refractivity contribution in [2.75, 3.05) is 7.11 Å². The minimum Gasteiger partial charge on any atom is -0.469 e. The van der Waals surface area contributed by atoms with Gasteiger partial charge in [0.05, 0.1) is 7.11 Å².